The van der Waals surface area contributed by atoms with Crippen molar-refractivity contribution in [1.29, 1.82) is 0 Å². The van der Waals surface area contributed by atoms with Gasteiger partial charge in [0.1, 0.15) is 0 Å². The van der Waals surface area contributed by atoms with Crippen molar-refractivity contribution in [1.82, 2.24) is 0 Å². The number of halogens is 4. The first-order valence-electron chi connectivity index (χ1n) is 3.00. The standard InChI is InChI=1S/C7H4F2I2O/c8-7(9)12-6-4(10)2-1-3-5(6)11/h1-3,7H. The van der Waals surface area contributed by atoms with Crippen LogP contribution in [0.3, 0.4) is 0 Å². The van der Waals surface area contributed by atoms with E-state index < -0.39 is 6.61 Å². The minimum absolute atomic E-state index is 0.258. The van der Waals surface area contributed by atoms with Crippen LogP contribution in [0.4, 0.5) is 8.78 Å². The van der Waals surface area contributed by atoms with Crippen molar-refractivity contribution in [2.24, 2.45) is 0 Å². The van der Waals surface area contributed by atoms with Crippen molar-refractivity contribution < 1.29 is 13.5 Å². The van der Waals surface area contributed by atoms with Gasteiger partial charge in [0.15, 0.2) is 5.75 Å². The van der Waals surface area contributed by atoms with Gasteiger partial charge in [0.2, 0.25) is 0 Å². The van der Waals surface area contributed by atoms with Crippen LogP contribution in [-0.4, -0.2) is 6.61 Å². The van der Waals surface area contributed by atoms with Gasteiger partial charge in [-0.1, -0.05) is 6.07 Å². The second-order valence-electron chi connectivity index (χ2n) is 1.93. The van der Waals surface area contributed by atoms with Gasteiger partial charge >= 0.3 is 6.61 Å². The predicted octanol–water partition coefficient (Wildman–Crippen LogP) is 3.50. The van der Waals surface area contributed by atoms with Crippen LogP contribution in [0.2, 0.25) is 0 Å². The summed E-state index contributed by atoms with van der Waals surface area (Å²) in [5, 5.41) is 0. The molecule has 1 aromatic rings. The minimum Gasteiger partial charge on any atom is -0.433 e. The number of rotatable bonds is 2. The summed E-state index contributed by atoms with van der Waals surface area (Å²) >= 11 is 3.91. The Morgan fingerprint density at radius 3 is 2.08 bits per heavy atom. The first kappa shape index (κ1) is 10.4. The smallest absolute Gasteiger partial charge is 0.387 e. The van der Waals surface area contributed by atoms with Gasteiger partial charge in [0.25, 0.3) is 0 Å². The topological polar surface area (TPSA) is 9.23 Å². The molecule has 0 heterocycles. The molecule has 66 valence electrons. The fraction of sp³-hybridized carbons (Fsp3) is 0.143. The van der Waals surface area contributed by atoms with Crippen LogP contribution in [0, 0.1) is 7.14 Å². The molecular weight excluding hydrogens is 392 g/mol. The molecule has 0 atom stereocenters. The van der Waals surface area contributed by atoms with Crippen molar-refractivity contribution in [3.8, 4) is 5.75 Å². The van der Waals surface area contributed by atoms with E-state index in [4.69, 9.17) is 0 Å². The number of hydrogen-bond donors (Lipinski definition) is 0. The number of para-hydroxylation sites is 1. The Labute approximate surface area is 95.8 Å². The molecule has 1 rings (SSSR count). The molecule has 5 heteroatoms. The van der Waals surface area contributed by atoms with E-state index in [0.29, 0.717) is 7.14 Å². The van der Waals surface area contributed by atoms with Crippen LogP contribution in [-0.2, 0) is 0 Å². The molecule has 1 nitrogen and oxygen atoms in total. The molecule has 0 spiro atoms. The summed E-state index contributed by atoms with van der Waals surface area (Å²) in [7, 11) is 0. The highest BCUT2D eigenvalue weighted by molar-refractivity contribution is 14.1. The average molecular weight is 396 g/mol. The van der Waals surface area contributed by atoms with Crippen LogP contribution in [0.15, 0.2) is 18.2 Å². The molecular formula is C7H4F2I2O. The second-order valence-corrected chi connectivity index (χ2v) is 4.25. The van der Waals surface area contributed by atoms with Crippen molar-refractivity contribution >= 4 is 45.2 Å². The van der Waals surface area contributed by atoms with Crippen molar-refractivity contribution in [2.45, 2.75) is 6.61 Å². The summed E-state index contributed by atoms with van der Waals surface area (Å²) in [4.78, 5) is 0. The summed E-state index contributed by atoms with van der Waals surface area (Å²) in [5.41, 5.74) is 0. The minimum atomic E-state index is -2.76. The molecule has 0 N–H and O–H groups in total. The van der Waals surface area contributed by atoms with E-state index in [-0.39, 0.29) is 5.75 Å². The van der Waals surface area contributed by atoms with Gasteiger partial charge < -0.3 is 4.74 Å². The lowest BCUT2D eigenvalue weighted by molar-refractivity contribution is -0.0510. The maximum absolute atomic E-state index is 11.9. The lowest BCUT2D eigenvalue weighted by Crippen LogP contribution is -2.04. The Balaban J connectivity index is 2.96. The molecule has 0 unspecified atom stereocenters. The monoisotopic (exact) mass is 396 g/mol. The quantitative estimate of drug-likeness (QED) is 0.696. The van der Waals surface area contributed by atoms with Gasteiger partial charge in [-0.15, -0.1) is 0 Å². The molecule has 0 bridgehead atoms. The number of hydrogen-bond acceptors (Lipinski definition) is 1. The van der Waals surface area contributed by atoms with Crippen molar-refractivity contribution in [3.05, 3.63) is 25.3 Å². The maximum atomic E-state index is 11.9. The number of alkyl halides is 2. The molecule has 0 radical (unpaired) electrons. The summed E-state index contributed by atoms with van der Waals surface area (Å²) in [6.45, 7) is -2.76. The Bertz CT molecular complexity index is 258. The van der Waals surface area contributed by atoms with E-state index >= 15 is 0 Å². The number of benzene rings is 1. The van der Waals surface area contributed by atoms with E-state index in [1.54, 1.807) is 18.2 Å². The van der Waals surface area contributed by atoms with E-state index in [0.717, 1.165) is 0 Å². The largest absolute Gasteiger partial charge is 0.433 e. The molecule has 0 fully saturated rings. The summed E-state index contributed by atoms with van der Waals surface area (Å²) in [6.07, 6.45) is 0. The molecule has 12 heavy (non-hydrogen) atoms. The maximum Gasteiger partial charge on any atom is 0.387 e. The molecule has 0 saturated carbocycles. The molecule has 0 amide bonds. The van der Waals surface area contributed by atoms with Crippen LogP contribution in [0.25, 0.3) is 0 Å². The zero-order chi connectivity index (χ0) is 9.14. The normalized spacial score (nSPS) is 10.4. The third-order valence-electron chi connectivity index (χ3n) is 1.13. The zero-order valence-corrected chi connectivity index (χ0v) is 10.0. The lowest BCUT2D eigenvalue weighted by Gasteiger charge is -2.07. The predicted molar refractivity (Wildman–Crippen MR) is 58.5 cm³/mol. The zero-order valence-electron chi connectivity index (χ0n) is 5.73. The first-order valence-corrected chi connectivity index (χ1v) is 5.16. The van der Waals surface area contributed by atoms with Crippen LogP contribution >= 0.6 is 45.2 Å². The molecule has 0 aliphatic heterocycles. The SMILES string of the molecule is FC(F)Oc1c(I)cccc1I. The van der Waals surface area contributed by atoms with Crippen LogP contribution in [0.5, 0.6) is 5.75 Å². The first-order chi connectivity index (χ1) is 5.61. The van der Waals surface area contributed by atoms with E-state index in [9.17, 15) is 8.78 Å². The van der Waals surface area contributed by atoms with Crippen molar-refractivity contribution in [3.63, 3.8) is 0 Å². The highest BCUT2D eigenvalue weighted by Crippen LogP contribution is 2.28. The third-order valence-corrected chi connectivity index (χ3v) is 2.82. The lowest BCUT2D eigenvalue weighted by atomic mass is 10.3. The van der Waals surface area contributed by atoms with Crippen LogP contribution < -0.4 is 4.74 Å². The number of ether oxygens (including phenoxy) is 1. The molecule has 1 aromatic carbocycles. The van der Waals surface area contributed by atoms with Gasteiger partial charge in [-0.2, -0.15) is 8.78 Å². The highest BCUT2D eigenvalue weighted by Gasteiger charge is 2.10. The van der Waals surface area contributed by atoms with E-state index in [2.05, 4.69) is 4.74 Å². The van der Waals surface area contributed by atoms with Crippen LogP contribution in [0.1, 0.15) is 0 Å². The Kier molecular flexibility index (Phi) is 3.94. The molecule has 0 aliphatic carbocycles. The van der Waals surface area contributed by atoms with Gasteiger partial charge in [-0.25, -0.2) is 0 Å². The highest BCUT2D eigenvalue weighted by atomic mass is 127. The molecule has 0 aliphatic rings. The molecule has 0 saturated heterocycles. The summed E-state index contributed by atoms with van der Waals surface area (Å²) in [5.74, 6) is 0.258. The van der Waals surface area contributed by atoms with Gasteiger partial charge in [-0.3, -0.25) is 0 Å². The molecule has 0 aromatic heterocycles. The Hall–Kier alpha value is 0.340. The van der Waals surface area contributed by atoms with Gasteiger partial charge in [-0.05, 0) is 57.3 Å². The second kappa shape index (κ2) is 4.54. The Morgan fingerprint density at radius 1 is 1.17 bits per heavy atom. The fourth-order valence-electron chi connectivity index (χ4n) is 0.684. The van der Waals surface area contributed by atoms with E-state index in [1.807, 2.05) is 45.2 Å². The van der Waals surface area contributed by atoms with Gasteiger partial charge in [0, 0.05) is 0 Å². The van der Waals surface area contributed by atoms with Gasteiger partial charge in [0.05, 0.1) is 7.14 Å². The summed E-state index contributed by atoms with van der Waals surface area (Å²) in [6, 6.07) is 5.24. The van der Waals surface area contributed by atoms with Crippen molar-refractivity contribution in [2.75, 3.05) is 0 Å². The van der Waals surface area contributed by atoms with E-state index in [1.165, 1.54) is 0 Å². The fourth-order valence-corrected chi connectivity index (χ4v) is 2.45. The third kappa shape index (κ3) is 2.68. The Morgan fingerprint density at radius 2 is 1.67 bits per heavy atom. The summed E-state index contributed by atoms with van der Waals surface area (Å²) < 4.78 is 29.4. The average Bonchev–Trinajstić information content (AvgIpc) is 1.97.